The van der Waals surface area contributed by atoms with Crippen molar-refractivity contribution in [2.45, 2.75) is 11.6 Å². The number of nitrogens with one attached hydrogen (secondary N) is 1. The zero-order valence-electron chi connectivity index (χ0n) is 10.1. The van der Waals surface area contributed by atoms with E-state index in [0.29, 0.717) is 16.8 Å². The molecule has 100 valence electrons. The van der Waals surface area contributed by atoms with Crippen molar-refractivity contribution in [1.82, 2.24) is 9.97 Å². The van der Waals surface area contributed by atoms with Gasteiger partial charge in [-0.1, -0.05) is 23.4 Å². The van der Waals surface area contributed by atoms with Crippen molar-refractivity contribution in [1.29, 1.82) is 0 Å². The molecule has 1 N–H and O–H groups in total. The number of aromatic nitrogens is 2. The number of hydrogen-bond donors (Lipinski definition) is 1. The molecule has 1 aromatic carbocycles. The molecule has 4 nitrogen and oxygen atoms in total. The molecule has 0 aliphatic rings. The highest BCUT2D eigenvalue weighted by atomic mass is 35.5. The zero-order valence-corrected chi connectivity index (χ0v) is 11.7. The van der Waals surface area contributed by atoms with Crippen LogP contribution in [0.25, 0.3) is 0 Å². The Balaban J connectivity index is 1.67. The summed E-state index contributed by atoms with van der Waals surface area (Å²) in [5.74, 6) is 1.64. The van der Waals surface area contributed by atoms with Gasteiger partial charge in [0.15, 0.2) is 5.16 Å². The van der Waals surface area contributed by atoms with Gasteiger partial charge in [0.1, 0.15) is 5.75 Å². The first kappa shape index (κ1) is 14.0. The van der Waals surface area contributed by atoms with Crippen molar-refractivity contribution >= 4 is 23.4 Å². The maximum atomic E-state index is 11.0. The Morgan fingerprint density at radius 1 is 1.26 bits per heavy atom. The van der Waals surface area contributed by atoms with Crippen LogP contribution in [0.2, 0.25) is 5.02 Å². The summed E-state index contributed by atoms with van der Waals surface area (Å²) in [5, 5.41) is 1.33. The first-order valence-corrected chi connectivity index (χ1v) is 7.17. The molecule has 6 heteroatoms. The Morgan fingerprint density at radius 3 is 2.79 bits per heavy atom. The van der Waals surface area contributed by atoms with Crippen molar-refractivity contribution < 1.29 is 4.74 Å². The van der Waals surface area contributed by atoms with Gasteiger partial charge in [0, 0.05) is 23.0 Å². The Labute approximate surface area is 120 Å². The van der Waals surface area contributed by atoms with Crippen molar-refractivity contribution in [3.8, 4) is 5.75 Å². The van der Waals surface area contributed by atoms with E-state index in [0.717, 1.165) is 17.9 Å². The minimum atomic E-state index is -0.130. The van der Waals surface area contributed by atoms with Gasteiger partial charge in [-0.05, 0) is 30.7 Å². The highest BCUT2D eigenvalue weighted by Crippen LogP contribution is 2.16. The maximum absolute atomic E-state index is 11.0. The summed E-state index contributed by atoms with van der Waals surface area (Å²) < 4.78 is 5.56. The number of benzene rings is 1. The molecule has 2 aromatic rings. The van der Waals surface area contributed by atoms with Crippen LogP contribution in [0, 0.1) is 0 Å². The molecule has 0 radical (unpaired) electrons. The van der Waals surface area contributed by atoms with E-state index >= 15 is 0 Å². The summed E-state index contributed by atoms with van der Waals surface area (Å²) in [6.07, 6.45) is 2.37. The topological polar surface area (TPSA) is 55.0 Å². The lowest BCUT2D eigenvalue weighted by molar-refractivity contribution is 0.318. The number of H-pyrrole nitrogens is 1. The van der Waals surface area contributed by atoms with Crippen molar-refractivity contribution in [3.05, 3.63) is 51.9 Å². The highest BCUT2D eigenvalue weighted by Gasteiger charge is 1.97. The summed E-state index contributed by atoms with van der Waals surface area (Å²) in [7, 11) is 0. The molecule has 0 aliphatic carbocycles. The standard InChI is InChI=1S/C13H13ClN2O2S/c14-10-2-4-11(5-3-10)18-8-1-9-19-13-15-7-6-12(17)16-13/h2-7H,1,8-9H2,(H,15,16,17). The molecule has 0 atom stereocenters. The largest absolute Gasteiger partial charge is 0.494 e. The Bertz CT molecular complexity index is 571. The third kappa shape index (κ3) is 4.96. The summed E-state index contributed by atoms with van der Waals surface area (Å²) in [6.45, 7) is 0.617. The van der Waals surface area contributed by atoms with E-state index in [1.54, 1.807) is 12.1 Å². The number of thioether (sulfide) groups is 1. The van der Waals surface area contributed by atoms with Gasteiger partial charge in [-0.25, -0.2) is 4.98 Å². The molecule has 0 saturated carbocycles. The second kappa shape index (κ2) is 7.21. The first-order valence-electron chi connectivity index (χ1n) is 5.80. The fourth-order valence-electron chi connectivity index (χ4n) is 1.37. The molecule has 0 spiro atoms. The third-order valence-corrected chi connectivity index (χ3v) is 3.48. The van der Waals surface area contributed by atoms with Gasteiger partial charge in [-0.15, -0.1) is 0 Å². The van der Waals surface area contributed by atoms with E-state index in [1.807, 2.05) is 12.1 Å². The maximum Gasteiger partial charge on any atom is 0.251 e. The first-order chi connectivity index (χ1) is 9.24. The fourth-order valence-corrected chi connectivity index (χ4v) is 2.26. The summed E-state index contributed by atoms with van der Waals surface area (Å²) >= 11 is 7.29. The van der Waals surface area contributed by atoms with E-state index in [2.05, 4.69) is 9.97 Å². The Kier molecular flexibility index (Phi) is 5.30. The van der Waals surface area contributed by atoms with Crippen LogP contribution in [-0.2, 0) is 0 Å². The molecule has 0 unspecified atom stereocenters. The van der Waals surface area contributed by atoms with Crippen LogP contribution < -0.4 is 10.3 Å². The number of rotatable bonds is 6. The molecule has 0 bridgehead atoms. The smallest absolute Gasteiger partial charge is 0.251 e. The molecule has 0 aliphatic heterocycles. The van der Waals surface area contributed by atoms with Crippen LogP contribution in [-0.4, -0.2) is 22.3 Å². The monoisotopic (exact) mass is 296 g/mol. The highest BCUT2D eigenvalue weighted by molar-refractivity contribution is 7.99. The quantitative estimate of drug-likeness (QED) is 0.506. The number of hydrogen-bond acceptors (Lipinski definition) is 4. The molecule has 1 heterocycles. The van der Waals surface area contributed by atoms with Crippen LogP contribution in [0.3, 0.4) is 0 Å². The second-order valence-corrected chi connectivity index (χ2v) is 5.26. The molecular formula is C13H13ClN2O2S. The van der Waals surface area contributed by atoms with E-state index < -0.39 is 0 Å². The van der Waals surface area contributed by atoms with Crippen molar-refractivity contribution in [2.24, 2.45) is 0 Å². The average molecular weight is 297 g/mol. The lowest BCUT2D eigenvalue weighted by Gasteiger charge is -2.05. The van der Waals surface area contributed by atoms with Gasteiger partial charge in [-0.3, -0.25) is 4.79 Å². The molecule has 0 amide bonds. The van der Waals surface area contributed by atoms with E-state index in [4.69, 9.17) is 16.3 Å². The third-order valence-electron chi connectivity index (χ3n) is 2.26. The molecule has 0 saturated heterocycles. The zero-order chi connectivity index (χ0) is 13.5. The molecule has 1 aromatic heterocycles. The Morgan fingerprint density at radius 2 is 2.05 bits per heavy atom. The number of ether oxygens (including phenoxy) is 1. The lowest BCUT2D eigenvalue weighted by Crippen LogP contribution is -2.06. The second-order valence-electron chi connectivity index (χ2n) is 3.74. The van der Waals surface area contributed by atoms with Crippen LogP contribution >= 0.6 is 23.4 Å². The summed E-state index contributed by atoms with van der Waals surface area (Å²) in [5.41, 5.74) is -0.130. The Hall–Kier alpha value is -1.46. The predicted octanol–water partition coefficient (Wildman–Crippen LogP) is 2.98. The number of nitrogens with zero attached hydrogens (tertiary/aromatic N) is 1. The summed E-state index contributed by atoms with van der Waals surface area (Å²) in [4.78, 5) is 17.8. The number of aromatic amines is 1. The molecule has 2 rings (SSSR count). The SMILES string of the molecule is O=c1ccnc(SCCCOc2ccc(Cl)cc2)[nH]1. The lowest BCUT2D eigenvalue weighted by atomic mass is 10.3. The molecule has 0 fully saturated rings. The minimum Gasteiger partial charge on any atom is -0.494 e. The van der Waals surface area contributed by atoms with Gasteiger partial charge in [0.05, 0.1) is 6.61 Å². The number of halogens is 1. The van der Waals surface area contributed by atoms with Gasteiger partial charge in [-0.2, -0.15) is 0 Å². The van der Waals surface area contributed by atoms with Crippen LogP contribution in [0.15, 0.2) is 46.5 Å². The van der Waals surface area contributed by atoms with E-state index in [1.165, 1.54) is 24.0 Å². The summed E-state index contributed by atoms with van der Waals surface area (Å²) in [6, 6.07) is 8.67. The van der Waals surface area contributed by atoms with Gasteiger partial charge >= 0.3 is 0 Å². The van der Waals surface area contributed by atoms with Crippen LogP contribution in [0.5, 0.6) is 5.75 Å². The predicted molar refractivity (Wildman–Crippen MR) is 77.1 cm³/mol. The van der Waals surface area contributed by atoms with Crippen LogP contribution in [0.4, 0.5) is 0 Å². The van der Waals surface area contributed by atoms with Crippen molar-refractivity contribution in [3.63, 3.8) is 0 Å². The van der Waals surface area contributed by atoms with Crippen LogP contribution in [0.1, 0.15) is 6.42 Å². The normalized spacial score (nSPS) is 10.4. The van der Waals surface area contributed by atoms with Gasteiger partial charge in [0.25, 0.3) is 5.56 Å². The molecule has 19 heavy (non-hydrogen) atoms. The minimum absolute atomic E-state index is 0.130. The fraction of sp³-hybridized carbons (Fsp3) is 0.231. The van der Waals surface area contributed by atoms with Crippen molar-refractivity contribution in [2.75, 3.05) is 12.4 Å². The van der Waals surface area contributed by atoms with E-state index in [-0.39, 0.29) is 5.56 Å². The average Bonchev–Trinajstić information content (AvgIpc) is 2.41. The van der Waals surface area contributed by atoms with E-state index in [9.17, 15) is 4.79 Å². The van der Waals surface area contributed by atoms with Gasteiger partial charge < -0.3 is 9.72 Å². The van der Waals surface area contributed by atoms with Gasteiger partial charge in [0.2, 0.25) is 0 Å². The molecular weight excluding hydrogens is 284 g/mol.